The number of ether oxygens (including phenoxy) is 2. The molecule has 2 aliphatic heterocycles. The number of nitrogens with zero attached hydrogens (tertiary/aromatic N) is 3. The molecule has 129 valence electrons. The molecule has 0 bridgehead atoms. The summed E-state index contributed by atoms with van der Waals surface area (Å²) in [6, 6.07) is 5.71. The van der Waals surface area contributed by atoms with E-state index < -0.39 is 0 Å². The fourth-order valence-electron chi connectivity index (χ4n) is 2.10. The van der Waals surface area contributed by atoms with Crippen LogP contribution in [0.25, 0.3) is 0 Å². The van der Waals surface area contributed by atoms with Crippen molar-refractivity contribution in [2.75, 3.05) is 13.2 Å². The Morgan fingerprint density at radius 2 is 1.22 bits per heavy atom. The number of aromatic nitrogens is 1. The third-order valence-electron chi connectivity index (χ3n) is 3.12. The summed E-state index contributed by atoms with van der Waals surface area (Å²) in [6.45, 7) is 9.32. The fourth-order valence-corrected chi connectivity index (χ4v) is 2.10. The monoisotopic (exact) mass is 402 g/mol. The van der Waals surface area contributed by atoms with Gasteiger partial charge in [-0.2, -0.15) is 0 Å². The first kappa shape index (κ1) is 22.2. The minimum Gasteiger partial charge on any atom is -1.00 e. The van der Waals surface area contributed by atoms with Gasteiger partial charge in [0, 0.05) is 0 Å². The van der Waals surface area contributed by atoms with Crippen molar-refractivity contribution in [1.29, 1.82) is 0 Å². The second-order valence-corrected chi connectivity index (χ2v) is 6.44. The van der Waals surface area contributed by atoms with Crippen LogP contribution in [0.4, 0.5) is 0 Å². The van der Waals surface area contributed by atoms with Crippen molar-refractivity contribution < 1.29 is 51.1 Å². The van der Waals surface area contributed by atoms with Gasteiger partial charge >= 0.3 is 16.8 Å². The maximum Gasteiger partial charge on any atom is 2.00 e. The minimum atomic E-state index is -0.184. The van der Waals surface area contributed by atoms with Crippen LogP contribution in [-0.2, 0) is 26.3 Å². The Morgan fingerprint density at radius 1 is 0.826 bits per heavy atom. The molecule has 0 aliphatic carbocycles. The average Bonchev–Trinajstić information content (AvgIpc) is 2.92. The Morgan fingerprint density at radius 3 is 1.52 bits per heavy atom. The predicted molar refractivity (Wildman–Crippen MR) is 77.4 cm³/mol. The number of aliphatic imine (C=N–C) groups is 2. The van der Waals surface area contributed by atoms with Crippen molar-refractivity contribution in [3.05, 3.63) is 29.6 Å². The number of rotatable bonds is 2. The van der Waals surface area contributed by atoms with Crippen molar-refractivity contribution in [2.24, 2.45) is 9.98 Å². The molecule has 0 spiro atoms. The molecule has 0 saturated carbocycles. The molecule has 1 aromatic heterocycles. The summed E-state index contributed by atoms with van der Waals surface area (Å²) in [4.78, 5) is 13.6. The first-order valence-corrected chi connectivity index (χ1v) is 6.78. The quantitative estimate of drug-likeness (QED) is 0.509. The summed E-state index contributed by atoms with van der Waals surface area (Å²) in [5.41, 5.74) is 1.08. The summed E-state index contributed by atoms with van der Waals surface area (Å²) >= 11 is 0. The topological polar surface area (TPSA) is 56.1 Å². The Bertz CT molecular complexity index is 569. The zero-order chi connectivity index (χ0) is 14.4. The average molecular weight is 403 g/mol. The molecule has 0 aromatic carbocycles. The molecule has 5 nitrogen and oxygen atoms in total. The van der Waals surface area contributed by atoms with Crippen LogP contribution < -0.4 is 24.8 Å². The minimum absolute atomic E-state index is 0. The van der Waals surface area contributed by atoms with Crippen molar-refractivity contribution in [3.8, 4) is 0 Å². The number of halogens is 2. The van der Waals surface area contributed by atoms with Gasteiger partial charge in [-0.05, 0) is 39.8 Å². The molecule has 3 heterocycles. The summed E-state index contributed by atoms with van der Waals surface area (Å²) in [7, 11) is 0. The SMILES string of the molecule is CC1(C)COC(c2cccc(C3=NC(C)(C)CO3)n2)=N1.[Cl-].[Cl-].[Co+2]. The molecule has 8 heteroatoms. The molecule has 0 amide bonds. The maximum atomic E-state index is 5.62. The Kier molecular flexibility index (Phi) is 7.55. The van der Waals surface area contributed by atoms with Gasteiger partial charge in [0.25, 0.3) is 0 Å². The fraction of sp³-hybridized carbons (Fsp3) is 0.533. The standard InChI is InChI=1S/C15H19N3O2.2ClH.Co/c1-14(2)8-19-12(17-14)10-6-5-7-11(16-10)13-18-15(3,4)9-20-13;;;/h5-7H,8-9H2,1-4H3;2*1H;/q;;;+2/p-2. The third-order valence-corrected chi connectivity index (χ3v) is 3.12. The summed E-state index contributed by atoms with van der Waals surface area (Å²) < 4.78 is 11.2. The molecule has 2 aliphatic rings. The number of hydrogen-bond donors (Lipinski definition) is 0. The smallest absolute Gasteiger partial charge is 1.00 e. The molecule has 1 aromatic rings. The second kappa shape index (κ2) is 7.83. The van der Waals surface area contributed by atoms with Crippen LogP contribution in [0.2, 0.25) is 0 Å². The maximum absolute atomic E-state index is 5.62. The van der Waals surface area contributed by atoms with Gasteiger partial charge in [-0.3, -0.25) is 0 Å². The van der Waals surface area contributed by atoms with Gasteiger partial charge in [-0.1, -0.05) is 6.07 Å². The second-order valence-electron chi connectivity index (χ2n) is 6.44. The van der Waals surface area contributed by atoms with Crippen LogP contribution in [0, 0.1) is 0 Å². The third kappa shape index (κ3) is 5.07. The molecular formula is C15H19Cl2CoN3O2. The van der Waals surface area contributed by atoms with Crippen LogP contribution in [-0.4, -0.2) is 41.1 Å². The van der Waals surface area contributed by atoms with E-state index in [1.54, 1.807) is 0 Å². The van der Waals surface area contributed by atoms with E-state index in [0.29, 0.717) is 25.0 Å². The Balaban J connectivity index is 0.00000161. The van der Waals surface area contributed by atoms with E-state index in [4.69, 9.17) is 9.47 Å². The molecule has 3 rings (SSSR count). The molecule has 23 heavy (non-hydrogen) atoms. The van der Waals surface area contributed by atoms with Crippen molar-refractivity contribution in [3.63, 3.8) is 0 Å². The van der Waals surface area contributed by atoms with Gasteiger partial charge in [0.05, 0.1) is 11.1 Å². The zero-order valence-electron chi connectivity index (χ0n) is 13.4. The summed E-state index contributed by atoms with van der Waals surface area (Å²) in [5.74, 6) is 1.18. The molecular weight excluding hydrogens is 384 g/mol. The van der Waals surface area contributed by atoms with Crippen LogP contribution in [0.3, 0.4) is 0 Å². The van der Waals surface area contributed by atoms with Crippen LogP contribution >= 0.6 is 0 Å². The number of hydrogen-bond acceptors (Lipinski definition) is 5. The first-order chi connectivity index (χ1) is 9.35. The van der Waals surface area contributed by atoms with Gasteiger partial charge in [0.2, 0.25) is 11.8 Å². The normalized spacial score (nSPS) is 19.8. The summed E-state index contributed by atoms with van der Waals surface area (Å²) in [6.07, 6.45) is 0. The van der Waals surface area contributed by atoms with E-state index in [-0.39, 0.29) is 52.7 Å². The number of pyridine rings is 1. The van der Waals surface area contributed by atoms with E-state index in [9.17, 15) is 0 Å². The summed E-state index contributed by atoms with van der Waals surface area (Å²) in [5, 5.41) is 0. The van der Waals surface area contributed by atoms with Gasteiger partial charge in [-0.15, -0.1) is 0 Å². The van der Waals surface area contributed by atoms with E-state index in [0.717, 1.165) is 11.4 Å². The van der Waals surface area contributed by atoms with Crippen LogP contribution in [0.15, 0.2) is 28.2 Å². The van der Waals surface area contributed by atoms with Gasteiger partial charge in [0.1, 0.15) is 24.6 Å². The van der Waals surface area contributed by atoms with E-state index in [1.165, 1.54) is 0 Å². The predicted octanol–water partition coefficient (Wildman–Crippen LogP) is -3.80. The molecule has 1 radical (unpaired) electrons. The Labute approximate surface area is 159 Å². The molecule has 0 fully saturated rings. The largest absolute Gasteiger partial charge is 2.00 e. The molecule has 0 N–H and O–H groups in total. The van der Waals surface area contributed by atoms with E-state index >= 15 is 0 Å². The zero-order valence-corrected chi connectivity index (χ0v) is 15.9. The van der Waals surface area contributed by atoms with Gasteiger partial charge in [0.15, 0.2) is 0 Å². The van der Waals surface area contributed by atoms with Crippen molar-refractivity contribution in [1.82, 2.24) is 4.98 Å². The van der Waals surface area contributed by atoms with Crippen molar-refractivity contribution >= 4 is 11.8 Å². The van der Waals surface area contributed by atoms with E-state index in [2.05, 4.69) is 15.0 Å². The molecule has 0 unspecified atom stereocenters. The van der Waals surface area contributed by atoms with Crippen LogP contribution in [0.5, 0.6) is 0 Å². The Hall–Kier alpha value is -0.824. The van der Waals surface area contributed by atoms with Gasteiger partial charge in [-0.25, -0.2) is 15.0 Å². The van der Waals surface area contributed by atoms with Crippen molar-refractivity contribution in [2.45, 2.75) is 38.8 Å². The van der Waals surface area contributed by atoms with E-state index in [1.807, 2.05) is 45.9 Å². The van der Waals surface area contributed by atoms with Gasteiger partial charge < -0.3 is 34.3 Å². The molecule has 0 saturated heterocycles. The van der Waals surface area contributed by atoms with Crippen LogP contribution in [0.1, 0.15) is 39.1 Å². The first-order valence-electron chi connectivity index (χ1n) is 6.78. The molecule has 0 atom stereocenters.